The number of aromatic hydroxyl groups is 1. The molecule has 0 aromatic heterocycles. The van der Waals surface area contributed by atoms with Gasteiger partial charge in [0.1, 0.15) is 11.5 Å². The lowest BCUT2D eigenvalue weighted by molar-refractivity contribution is -0.139. The van der Waals surface area contributed by atoms with E-state index in [0.717, 1.165) is 12.1 Å². The van der Waals surface area contributed by atoms with Crippen LogP contribution in [0.25, 0.3) is 5.76 Å². The Labute approximate surface area is 212 Å². The topological polar surface area (TPSA) is 99.5 Å². The number of methoxy groups -OCH3 is 1. The molecule has 0 saturated carbocycles. The number of phenolic OH excluding ortho intramolecular Hbond substituents is 1. The molecule has 3 rings (SSSR count). The SMILES string of the molecule is COc1cc([C@H]2/C(=C(\O)c3ccc(OCC(C)C)c(C)c3)C(=O)C(=O)N2CCCN(C)C)ccc1O. The van der Waals surface area contributed by atoms with E-state index in [1.54, 1.807) is 30.3 Å². The molecule has 0 radical (unpaired) electrons. The molecule has 8 heteroatoms. The van der Waals surface area contributed by atoms with Gasteiger partial charge in [0.25, 0.3) is 11.7 Å². The number of nitrogens with zero attached hydrogens (tertiary/aromatic N) is 2. The Morgan fingerprint density at radius 3 is 2.44 bits per heavy atom. The number of hydrogen-bond donors (Lipinski definition) is 2. The van der Waals surface area contributed by atoms with Crippen molar-refractivity contribution in [3.63, 3.8) is 0 Å². The van der Waals surface area contributed by atoms with Gasteiger partial charge in [0.05, 0.1) is 25.3 Å². The Bertz CT molecular complexity index is 1150. The van der Waals surface area contributed by atoms with Crippen LogP contribution in [0.1, 0.15) is 43.0 Å². The zero-order valence-electron chi connectivity index (χ0n) is 21.9. The van der Waals surface area contributed by atoms with E-state index in [0.29, 0.717) is 42.4 Å². The molecule has 0 bridgehead atoms. The number of phenols is 1. The average Bonchev–Trinajstić information content (AvgIpc) is 3.07. The second-order valence-electron chi connectivity index (χ2n) is 9.77. The minimum absolute atomic E-state index is 0.00726. The first kappa shape index (κ1) is 27.1. The van der Waals surface area contributed by atoms with Crippen LogP contribution >= 0.6 is 0 Å². The number of aryl methyl sites for hydroxylation is 1. The van der Waals surface area contributed by atoms with Crippen molar-refractivity contribution in [3.8, 4) is 17.2 Å². The lowest BCUT2D eigenvalue weighted by atomic mass is 9.94. The number of rotatable bonds is 10. The van der Waals surface area contributed by atoms with Crippen LogP contribution < -0.4 is 9.47 Å². The number of benzene rings is 2. The van der Waals surface area contributed by atoms with Crippen molar-refractivity contribution < 1.29 is 29.3 Å². The number of carbonyl (C=O) groups excluding carboxylic acids is 2. The van der Waals surface area contributed by atoms with Crippen molar-refractivity contribution in [1.29, 1.82) is 0 Å². The summed E-state index contributed by atoms with van der Waals surface area (Å²) in [6, 6.07) is 9.06. The van der Waals surface area contributed by atoms with Crippen LogP contribution in [0.4, 0.5) is 0 Å². The molecule has 8 nitrogen and oxygen atoms in total. The Morgan fingerprint density at radius 1 is 1.11 bits per heavy atom. The minimum Gasteiger partial charge on any atom is -0.507 e. The summed E-state index contributed by atoms with van der Waals surface area (Å²) < 4.78 is 11.1. The van der Waals surface area contributed by atoms with Crippen molar-refractivity contribution in [3.05, 3.63) is 58.7 Å². The summed E-state index contributed by atoms with van der Waals surface area (Å²) in [7, 11) is 5.30. The van der Waals surface area contributed by atoms with Gasteiger partial charge in [-0.1, -0.05) is 19.9 Å². The first-order valence-corrected chi connectivity index (χ1v) is 12.1. The zero-order valence-corrected chi connectivity index (χ0v) is 21.9. The van der Waals surface area contributed by atoms with Gasteiger partial charge in [-0.3, -0.25) is 9.59 Å². The van der Waals surface area contributed by atoms with Gasteiger partial charge in [-0.05, 0) is 81.4 Å². The van der Waals surface area contributed by atoms with Gasteiger partial charge in [0, 0.05) is 12.1 Å². The Hall–Kier alpha value is -3.52. The van der Waals surface area contributed by atoms with Crippen LogP contribution in [0.2, 0.25) is 0 Å². The second kappa shape index (κ2) is 11.5. The fourth-order valence-corrected chi connectivity index (χ4v) is 4.25. The molecule has 2 aromatic rings. The van der Waals surface area contributed by atoms with Crippen LogP contribution in [-0.2, 0) is 9.59 Å². The van der Waals surface area contributed by atoms with Crippen molar-refractivity contribution >= 4 is 17.4 Å². The van der Waals surface area contributed by atoms with Gasteiger partial charge in [0.2, 0.25) is 0 Å². The van der Waals surface area contributed by atoms with E-state index >= 15 is 0 Å². The molecule has 0 unspecified atom stereocenters. The summed E-state index contributed by atoms with van der Waals surface area (Å²) in [6.07, 6.45) is 0.646. The molecule has 1 fully saturated rings. The lowest BCUT2D eigenvalue weighted by Crippen LogP contribution is -2.32. The number of likely N-dealkylation sites (tertiary alicyclic amines) is 1. The van der Waals surface area contributed by atoms with Crippen LogP contribution in [0.15, 0.2) is 42.0 Å². The Balaban J connectivity index is 2.09. The maximum atomic E-state index is 13.2. The lowest BCUT2D eigenvalue weighted by Gasteiger charge is -2.26. The highest BCUT2D eigenvalue weighted by Gasteiger charge is 2.46. The summed E-state index contributed by atoms with van der Waals surface area (Å²) in [5.74, 6) is -0.438. The molecule has 1 aliphatic rings. The van der Waals surface area contributed by atoms with E-state index in [2.05, 4.69) is 13.8 Å². The molecule has 1 atom stereocenters. The third-order valence-electron chi connectivity index (χ3n) is 6.08. The van der Waals surface area contributed by atoms with E-state index < -0.39 is 17.7 Å². The highest BCUT2D eigenvalue weighted by atomic mass is 16.5. The van der Waals surface area contributed by atoms with Gasteiger partial charge in [-0.2, -0.15) is 0 Å². The van der Waals surface area contributed by atoms with E-state index in [4.69, 9.17) is 9.47 Å². The number of aliphatic hydroxyl groups is 1. The molecule has 1 amide bonds. The summed E-state index contributed by atoms with van der Waals surface area (Å²) in [5, 5.41) is 21.4. The number of ketones is 1. The van der Waals surface area contributed by atoms with Gasteiger partial charge < -0.3 is 29.5 Å². The first-order valence-electron chi connectivity index (χ1n) is 12.1. The number of Topliss-reactive ketones (excluding diaryl/α,β-unsaturated/α-hetero) is 1. The molecular formula is C28H36N2O6. The smallest absolute Gasteiger partial charge is 0.295 e. The van der Waals surface area contributed by atoms with Gasteiger partial charge in [0.15, 0.2) is 11.5 Å². The third kappa shape index (κ3) is 5.82. The van der Waals surface area contributed by atoms with E-state index in [9.17, 15) is 19.8 Å². The standard InChI is InChI=1S/C28H36N2O6/c1-17(2)16-36-22-11-9-20(14-18(22)3)26(32)24-25(19-8-10-21(31)23(15-19)35-6)30(28(34)27(24)33)13-7-12-29(4)5/h8-11,14-15,17,25,31-32H,7,12-13,16H2,1-6H3/b26-24+/t25-/m0/s1. The minimum atomic E-state index is -0.821. The Kier molecular flexibility index (Phi) is 8.63. The quantitative estimate of drug-likeness (QED) is 0.290. The van der Waals surface area contributed by atoms with Crippen LogP contribution in [0, 0.1) is 12.8 Å². The second-order valence-corrected chi connectivity index (χ2v) is 9.77. The zero-order chi connectivity index (χ0) is 26.6. The number of aliphatic hydroxyl groups excluding tert-OH is 1. The van der Waals surface area contributed by atoms with Gasteiger partial charge >= 0.3 is 0 Å². The third-order valence-corrected chi connectivity index (χ3v) is 6.08. The molecular weight excluding hydrogens is 460 g/mol. The number of amides is 1. The van der Waals surface area contributed by atoms with E-state index in [-0.39, 0.29) is 22.8 Å². The predicted octanol–water partition coefficient (Wildman–Crippen LogP) is 4.12. The van der Waals surface area contributed by atoms with Crippen LogP contribution in [0.5, 0.6) is 17.2 Å². The van der Waals surface area contributed by atoms with Crippen LogP contribution in [0.3, 0.4) is 0 Å². The molecule has 1 heterocycles. The molecule has 2 N–H and O–H groups in total. The molecule has 1 aliphatic heterocycles. The first-order chi connectivity index (χ1) is 17.0. The number of ether oxygens (including phenoxy) is 2. The largest absolute Gasteiger partial charge is 0.507 e. The molecule has 2 aromatic carbocycles. The average molecular weight is 497 g/mol. The highest BCUT2D eigenvalue weighted by molar-refractivity contribution is 6.46. The van der Waals surface area contributed by atoms with Crippen LogP contribution in [-0.4, -0.2) is 72.6 Å². The summed E-state index contributed by atoms with van der Waals surface area (Å²) in [4.78, 5) is 29.8. The van der Waals surface area contributed by atoms with E-state index in [1.165, 1.54) is 18.1 Å². The number of hydrogen-bond acceptors (Lipinski definition) is 7. The normalized spacial score (nSPS) is 17.3. The van der Waals surface area contributed by atoms with E-state index in [1.807, 2.05) is 25.9 Å². The highest BCUT2D eigenvalue weighted by Crippen LogP contribution is 2.42. The van der Waals surface area contributed by atoms with Gasteiger partial charge in [-0.15, -0.1) is 0 Å². The van der Waals surface area contributed by atoms with Crippen molar-refractivity contribution in [2.75, 3.05) is 40.9 Å². The number of carbonyl (C=O) groups is 2. The Morgan fingerprint density at radius 2 is 1.83 bits per heavy atom. The van der Waals surface area contributed by atoms with Gasteiger partial charge in [-0.25, -0.2) is 0 Å². The maximum absolute atomic E-state index is 13.2. The fraction of sp³-hybridized carbons (Fsp3) is 0.429. The molecule has 0 aliphatic carbocycles. The van der Waals surface area contributed by atoms with Crippen molar-refractivity contribution in [2.24, 2.45) is 5.92 Å². The molecule has 36 heavy (non-hydrogen) atoms. The van der Waals surface area contributed by atoms with Crippen molar-refractivity contribution in [2.45, 2.75) is 33.2 Å². The maximum Gasteiger partial charge on any atom is 0.295 e. The van der Waals surface area contributed by atoms with Crippen molar-refractivity contribution in [1.82, 2.24) is 9.80 Å². The predicted molar refractivity (Wildman–Crippen MR) is 138 cm³/mol. The summed E-state index contributed by atoms with van der Waals surface area (Å²) in [5.41, 5.74) is 1.80. The monoisotopic (exact) mass is 496 g/mol. The fourth-order valence-electron chi connectivity index (χ4n) is 4.25. The molecule has 0 spiro atoms. The summed E-state index contributed by atoms with van der Waals surface area (Å²) >= 11 is 0. The molecule has 194 valence electrons. The summed E-state index contributed by atoms with van der Waals surface area (Å²) in [6.45, 7) is 7.61. The molecule has 1 saturated heterocycles.